The topological polar surface area (TPSA) is 59.8 Å². The molecule has 158 valence electrons. The summed E-state index contributed by atoms with van der Waals surface area (Å²) in [5.41, 5.74) is 4.09. The molecule has 0 aliphatic heterocycles. The van der Waals surface area contributed by atoms with Gasteiger partial charge in [0, 0.05) is 22.8 Å². The van der Waals surface area contributed by atoms with Crippen molar-refractivity contribution in [2.75, 3.05) is 11.1 Å². The molecule has 5 nitrogen and oxygen atoms in total. The lowest BCUT2D eigenvalue weighted by Gasteiger charge is -2.19. The van der Waals surface area contributed by atoms with Gasteiger partial charge >= 0.3 is 0 Å². The summed E-state index contributed by atoms with van der Waals surface area (Å²) in [5, 5.41) is 13.0. The first-order valence-electron chi connectivity index (χ1n) is 9.92. The summed E-state index contributed by atoms with van der Waals surface area (Å²) in [5.74, 6) is 0.977. The summed E-state index contributed by atoms with van der Waals surface area (Å²) in [6, 6.07) is 13.9. The van der Waals surface area contributed by atoms with E-state index in [-0.39, 0.29) is 17.1 Å². The van der Waals surface area contributed by atoms with E-state index in [9.17, 15) is 4.79 Å². The highest BCUT2D eigenvalue weighted by molar-refractivity contribution is 7.99. The maximum atomic E-state index is 12.4. The van der Waals surface area contributed by atoms with Crippen LogP contribution in [-0.2, 0) is 16.8 Å². The maximum Gasteiger partial charge on any atom is 0.234 e. The molecule has 0 saturated heterocycles. The Kier molecular flexibility index (Phi) is 6.88. The Bertz CT molecular complexity index is 1040. The Hall–Kier alpha value is -2.31. The lowest BCUT2D eigenvalue weighted by Crippen LogP contribution is -2.15. The lowest BCUT2D eigenvalue weighted by molar-refractivity contribution is -0.113. The summed E-state index contributed by atoms with van der Waals surface area (Å²) in [6.45, 7) is 11.3. The Morgan fingerprint density at radius 1 is 1.13 bits per heavy atom. The number of nitrogens with one attached hydrogen (secondary N) is 1. The molecule has 1 aromatic heterocycles. The molecule has 0 radical (unpaired) electrons. The molecule has 1 N–H and O–H groups in total. The predicted molar refractivity (Wildman–Crippen MR) is 125 cm³/mol. The third-order valence-electron chi connectivity index (χ3n) is 4.84. The van der Waals surface area contributed by atoms with Gasteiger partial charge in [0.15, 0.2) is 11.0 Å². The van der Waals surface area contributed by atoms with E-state index in [1.165, 1.54) is 17.3 Å². The Morgan fingerprint density at radius 2 is 1.83 bits per heavy atom. The number of hydrogen-bond acceptors (Lipinski definition) is 4. The highest BCUT2D eigenvalue weighted by Gasteiger charge is 2.17. The van der Waals surface area contributed by atoms with Crippen LogP contribution in [0.15, 0.2) is 47.6 Å². The first kappa shape index (κ1) is 22.4. The number of aryl methyl sites for hydroxylation is 1. The van der Waals surface area contributed by atoms with Gasteiger partial charge in [-0.15, -0.1) is 10.2 Å². The molecule has 1 heterocycles. The van der Waals surface area contributed by atoms with Crippen LogP contribution in [-0.4, -0.2) is 26.4 Å². The molecule has 1 amide bonds. The molecule has 0 atom stereocenters. The van der Waals surface area contributed by atoms with Crippen molar-refractivity contribution in [2.24, 2.45) is 0 Å². The fourth-order valence-corrected chi connectivity index (χ4v) is 4.13. The van der Waals surface area contributed by atoms with Crippen LogP contribution in [0.25, 0.3) is 11.4 Å². The number of nitrogens with zero attached hydrogens (tertiary/aromatic N) is 3. The molecule has 0 aliphatic rings. The number of anilines is 1. The van der Waals surface area contributed by atoms with Gasteiger partial charge in [-0.25, -0.2) is 0 Å². The summed E-state index contributed by atoms with van der Waals surface area (Å²) in [6.07, 6.45) is 0. The van der Waals surface area contributed by atoms with Crippen molar-refractivity contribution in [3.63, 3.8) is 0 Å². The summed E-state index contributed by atoms with van der Waals surface area (Å²) < 4.78 is 2.04. The molecule has 3 rings (SSSR count). The number of hydrogen-bond donors (Lipinski definition) is 1. The fourth-order valence-electron chi connectivity index (χ4n) is 3.10. The highest BCUT2D eigenvalue weighted by Crippen LogP contribution is 2.28. The SMILES string of the molecule is CCn1c(SCC(=O)Nc2ccc(Cl)cc2C)nnc1-c1ccc(C(C)(C)C)cc1. The lowest BCUT2D eigenvalue weighted by atomic mass is 9.87. The molecular weight excluding hydrogens is 416 g/mol. The zero-order valence-corrected chi connectivity index (χ0v) is 19.6. The van der Waals surface area contributed by atoms with Gasteiger partial charge in [0.25, 0.3) is 0 Å². The first-order valence-corrected chi connectivity index (χ1v) is 11.3. The van der Waals surface area contributed by atoms with Crippen molar-refractivity contribution in [2.45, 2.75) is 51.7 Å². The van der Waals surface area contributed by atoms with E-state index >= 15 is 0 Å². The maximum absolute atomic E-state index is 12.4. The van der Waals surface area contributed by atoms with Gasteiger partial charge in [0.2, 0.25) is 5.91 Å². The average Bonchev–Trinajstić information content (AvgIpc) is 3.11. The van der Waals surface area contributed by atoms with Crippen molar-refractivity contribution < 1.29 is 4.79 Å². The molecular formula is C23H27ClN4OS. The standard InChI is InChI=1S/C23H27ClN4OS/c1-6-28-21(16-7-9-17(10-8-16)23(3,4)5)26-27-22(28)30-14-20(29)25-19-12-11-18(24)13-15(19)2/h7-13H,6,14H2,1-5H3,(H,25,29). The second kappa shape index (κ2) is 9.23. The average molecular weight is 443 g/mol. The van der Waals surface area contributed by atoms with Crippen LogP contribution in [0.1, 0.15) is 38.8 Å². The smallest absolute Gasteiger partial charge is 0.234 e. The zero-order valence-electron chi connectivity index (χ0n) is 18.0. The molecule has 0 aliphatic carbocycles. The quantitative estimate of drug-likeness (QED) is 0.479. The van der Waals surface area contributed by atoms with Crippen LogP contribution < -0.4 is 5.32 Å². The minimum atomic E-state index is -0.0906. The fraction of sp³-hybridized carbons (Fsp3) is 0.348. The zero-order chi connectivity index (χ0) is 21.9. The van der Waals surface area contributed by atoms with Crippen LogP contribution in [0.3, 0.4) is 0 Å². The Balaban J connectivity index is 1.70. The van der Waals surface area contributed by atoms with Crippen LogP contribution in [0.2, 0.25) is 5.02 Å². The van der Waals surface area contributed by atoms with Gasteiger partial charge < -0.3 is 9.88 Å². The number of aromatic nitrogens is 3. The number of thioether (sulfide) groups is 1. The summed E-state index contributed by atoms with van der Waals surface area (Å²) >= 11 is 7.36. The Morgan fingerprint density at radius 3 is 2.43 bits per heavy atom. The van der Waals surface area contributed by atoms with Crippen LogP contribution in [0.4, 0.5) is 5.69 Å². The third kappa shape index (κ3) is 5.24. The highest BCUT2D eigenvalue weighted by atomic mass is 35.5. The Labute approximate surface area is 187 Å². The van der Waals surface area contributed by atoms with E-state index in [4.69, 9.17) is 11.6 Å². The molecule has 0 spiro atoms. The minimum absolute atomic E-state index is 0.0906. The van der Waals surface area contributed by atoms with Crippen LogP contribution in [0, 0.1) is 6.92 Å². The summed E-state index contributed by atoms with van der Waals surface area (Å²) in [4.78, 5) is 12.4. The number of benzene rings is 2. The second-order valence-corrected chi connectivity index (χ2v) is 9.55. The number of halogens is 1. The van der Waals surface area contributed by atoms with Crippen molar-refractivity contribution >= 4 is 35.0 Å². The van der Waals surface area contributed by atoms with E-state index in [0.717, 1.165) is 34.3 Å². The van der Waals surface area contributed by atoms with Crippen LogP contribution >= 0.6 is 23.4 Å². The molecule has 0 saturated carbocycles. The molecule has 0 bridgehead atoms. The van der Waals surface area contributed by atoms with E-state index in [1.54, 1.807) is 6.07 Å². The van der Waals surface area contributed by atoms with Gasteiger partial charge in [-0.1, -0.05) is 68.4 Å². The van der Waals surface area contributed by atoms with Gasteiger partial charge in [0.1, 0.15) is 0 Å². The van der Waals surface area contributed by atoms with Gasteiger partial charge in [0.05, 0.1) is 5.75 Å². The van der Waals surface area contributed by atoms with E-state index in [2.05, 4.69) is 67.5 Å². The molecule has 2 aromatic carbocycles. The van der Waals surface area contributed by atoms with Gasteiger partial charge in [-0.2, -0.15) is 0 Å². The summed E-state index contributed by atoms with van der Waals surface area (Å²) in [7, 11) is 0. The van der Waals surface area contributed by atoms with Gasteiger partial charge in [-0.3, -0.25) is 4.79 Å². The monoisotopic (exact) mass is 442 g/mol. The third-order valence-corrected chi connectivity index (χ3v) is 6.04. The molecule has 3 aromatic rings. The molecule has 7 heteroatoms. The number of rotatable bonds is 6. The predicted octanol–water partition coefficient (Wildman–Crippen LogP) is 5.96. The number of carbonyl (C=O) groups excluding carboxylic acids is 1. The van der Waals surface area contributed by atoms with E-state index in [1.807, 2.05) is 23.6 Å². The van der Waals surface area contributed by atoms with Crippen molar-refractivity contribution in [3.8, 4) is 11.4 Å². The molecule has 30 heavy (non-hydrogen) atoms. The van der Waals surface area contributed by atoms with Crippen molar-refractivity contribution in [3.05, 3.63) is 58.6 Å². The number of carbonyl (C=O) groups is 1. The van der Waals surface area contributed by atoms with Crippen molar-refractivity contribution in [1.82, 2.24) is 14.8 Å². The van der Waals surface area contributed by atoms with E-state index in [0.29, 0.717) is 5.02 Å². The second-order valence-electron chi connectivity index (χ2n) is 8.17. The normalized spacial score (nSPS) is 11.5. The van der Waals surface area contributed by atoms with Crippen molar-refractivity contribution in [1.29, 1.82) is 0 Å². The number of amides is 1. The molecule has 0 fully saturated rings. The van der Waals surface area contributed by atoms with E-state index < -0.39 is 0 Å². The van der Waals surface area contributed by atoms with Crippen LogP contribution in [0.5, 0.6) is 0 Å². The largest absolute Gasteiger partial charge is 0.325 e. The van der Waals surface area contributed by atoms with Gasteiger partial charge in [-0.05, 0) is 48.6 Å². The first-order chi connectivity index (χ1) is 14.2. The minimum Gasteiger partial charge on any atom is -0.325 e. The molecule has 0 unspecified atom stereocenters.